The van der Waals surface area contributed by atoms with Crippen LogP contribution >= 0.6 is 11.6 Å². The summed E-state index contributed by atoms with van der Waals surface area (Å²) in [4.78, 5) is 28.2. The van der Waals surface area contributed by atoms with Gasteiger partial charge in [-0.3, -0.25) is 9.59 Å². The van der Waals surface area contributed by atoms with E-state index in [2.05, 4.69) is 51.7 Å². The average molecular weight is 468 g/mol. The van der Waals surface area contributed by atoms with Crippen LogP contribution < -0.4 is 4.90 Å². The number of rotatable bonds is 2. The summed E-state index contributed by atoms with van der Waals surface area (Å²) in [6.07, 6.45) is 3.63. The van der Waals surface area contributed by atoms with Crippen molar-refractivity contribution < 1.29 is 9.59 Å². The number of hydrogen-bond acceptors (Lipinski definition) is 3. The fourth-order valence-corrected chi connectivity index (χ4v) is 5.56. The molecule has 1 heterocycles. The molecule has 0 unspecified atom stereocenters. The second-order valence-corrected chi connectivity index (χ2v) is 10.1. The molecule has 1 aliphatic carbocycles. The molecule has 0 radical (unpaired) electrons. The third-order valence-electron chi connectivity index (χ3n) is 6.93. The van der Waals surface area contributed by atoms with E-state index in [1.165, 1.54) is 5.56 Å². The predicted octanol–water partition coefficient (Wildman–Crippen LogP) is 7.58. The number of ketones is 2. The van der Waals surface area contributed by atoms with E-state index in [9.17, 15) is 9.59 Å². The Balaban J connectivity index is 1.72. The maximum atomic E-state index is 13.0. The van der Waals surface area contributed by atoms with Gasteiger partial charge in [-0.15, -0.1) is 0 Å². The first-order valence-electron chi connectivity index (χ1n) is 11.4. The molecule has 170 valence electrons. The molecule has 0 saturated carbocycles. The van der Waals surface area contributed by atoms with Crippen molar-refractivity contribution in [2.75, 3.05) is 4.90 Å². The molecular formula is C30H26ClNO2. The summed E-state index contributed by atoms with van der Waals surface area (Å²) >= 11 is 6.41. The molecule has 3 aromatic carbocycles. The van der Waals surface area contributed by atoms with Gasteiger partial charge in [0.15, 0.2) is 11.6 Å². The lowest BCUT2D eigenvalue weighted by molar-refractivity contribution is 0.0988. The van der Waals surface area contributed by atoms with Crippen molar-refractivity contribution in [2.24, 2.45) is 0 Å². The number of benzene rings is 3. The van der Waals surface area contributed by atoms with Gasteiger partial charge in [0.2, 0.25) is 0 Å². The zero-order valence-corrected chi connectivity index (χ0v) is 20.7. The predicted molar refractivity (Wildman–Crippen MR) is 139 cm³/mol. The molecule has 2 aliphatic rings. The molecule has 0 atom stereocenters. The number of nitrogens with zero attached hydrogens (tertiary/aromatic N) is 1. The highest BCUT2D eigenvalue weighted by Gasteiger charge is 2.42. The molecule has 0 fully saturated rings. The van der Waals surface area contributed by atoms with Gasteiger partial charge in [-0.25, -0.2) is 0 Å². The fraction of sp³-hybridized carbons (Fsp3) is 0.200. The van der Waals surface area contributed by atoms with Crippen LogP contribution in [0.25, 0.3) is 0 Å². The molecule has 0 bridgehead atoms. The Bertz CT molecular complexity index is 1400. The lowest BCUT2D eigenvalue weighted by Crippen LogP contribution is -2.24. The summed E-state index contributed by atoms with van der Waals surface area (Å²) in [5.41, 5.74) is 8.55. The number of fused-ring (bicyclic) bond motifs is 2. The number of carbonyl (C=O) groups is 2. The van der Waals surface area contributed by atoms with Gasteiger partial charge in [0.1, 0.15) is 0 Å². The van der Waals surface area contributed by atoms with Gasteiger partial charge >= 0.3 is 0 Å². The van der Waals surface area contributed by atoms with Crippen LogP contribution in [0.15, 0.2) is 78.0 Å². The van der Waals surface area contributed by atoms with Gasteiger partial charge < -0.3 is 4.90 Å². The summed E-state index contributed by atoms with van der Waals surface area (Å²) in [6.45, 7) is 10.6. The molecule has 0 spiro atoms. The number of anilines is 2. The smallest absolute Gasteiger partial charge is 0.197 e. The van der Waals surface area contributed by atoms with Gasteiger partial charge in [0.25, 0.3) is 0 Å². The Morgan fingerprint density at radius 1 is 0.824 bits per heavy atom. The van der Waals surface area contributed by atoms with Gasteiger partial charge in [0, 0.05) is 27.3 Å². The minimum absolute atomic E-state index is 0.204. The molecule has 1 aliphatic heterocycles. The quantitative estimate of drug-likeness (QED) is 0.288. The standard InChI is InChI=1S/C30H26ClNO2/c1-17-14-18(2)27(19(3)15-17)32-25-12-10-20(31)16-24(25)30(4,5)26(32)13-11-23-28(33)21-8-6-7-9-22(21)29(23)34/h6-16H,1-5H3/b26-13+. The van der Waals surface area contributed by atoms with Crippen LogP contribution in [-0.2, 0) is 5.41 Å². The Kier molecular flexibility index (Phi) is 5.14. The van der Waals surface area contributed by atoms with E-state index < -0.39 is 5.41 Å². The van der Waals surface area contributed by atoms with E-state index in [1.807, 2.05) is 24.3 Å². The minimum Gasteiger partial charge on any atom is -0.312 e. The van der Waals surface area contributed by atoms with Crippen LogP contribution in [0.4, 0.5) is 11.4 Å². The average Bonchev–Trinajstić information content (AvgIpc) is 3.14. The van der Waals surface area contributed by atoms with Gasteiger partial charge in [-0.1, -0.05) is 67.4 Å². The summed E-state index contributed by atoms with van der Waals surface area (Å²) in [5, 5.41) is 0.681. The first kappa shape index (κ1) is 22.4. The van der Waals surface area contributed by atoms with E-state index in [4.69, 9.17) is 11.6 Å². The van der Waals surface area contributed by atoms with Crippen LogP contribution in [0.2, 0.25) is 5.02 Å². The number of carbonyl (C=O) groups excluding carboxylic acids is 2. The minimum atomic E-state index is -0.390. The lowest BCUT2D eigenvalue weighted by Gasteiger charge is -2.30. The summed E-state index contributed by atoms with van der Waals surface area (Å²) < 4.78 is 0. The summed E-state index contributed by atoms with van der Waals surface area (Å²) in [6, 6.07) is 17.3. The van der Waals surface area contributed by atoms with E-state index in [1.54, 1.807) is 30.3 Å². The van der Waals surface area contributed by atoms with E-state index in [0.29, 0.717) is 16.1 Å². The SMILES string of the molecule is Cc1cc(C)c(N2/C(=C/C=C3C(=O)c4ccccc4C3=O)C(C)(C)c3cc(Cl)ccc32)c(C)c1. The van der Waals surface area contributed by atoms with Crippen LogP contribution in [0.1, 0.15) is 56.8 Å². The molecule has 4 heteroatoms. The fourth-order valence-electron chi connectivity index (χ4n) is 5.39. The first-order chi connectivity index (χ1) is 16.1. The summed E-state index contributed by atoms with van der Waals surface area (Å²) in [5.74, 6) is -0.439. The molecular weight excluding hydrogens is 442 g/mol. The second kappa shape index (κ2) is 7.82. The van der Waals surface area contributed by atoms with E-state index in [0.717, 1.165) is 33.8 Å². The van der Waals surface area contributed by atoms with Crippen molar-refractivity contribution in [1.82, 2.24) is 0 Å². The van der Waals surface area contributed by atoms with Gasteiger partial charge in [-0.2, -0.15) is 0 Å². The van der Waals surface area contributed by atoms with E-state index in [-0.39, 0.29) is 17.1 Å². The van der Waals surface area contributed by atoms with E-state index >= 15 is 0 Å². The molecule has 0 aromatic heterocycles. The largest absolute Gasteiger partial charge is 0.312 e. The number of Topliss-reactive ketones (excluding diaryl/α,β-unsaturated/α-hetero) is 2. The number of aryl methyl sites for hydroxylation is 3. The molecule has 3 nitrogen and oxygen atoms in total. The normalized spacial score (nSPS) is 17.4. The Labute approximate surface area is 205 Å². The van der Waals surface area contributed by atoms with Gasteiger partial charge in [-0.05, 0) is 67.8 Å². The Hall–Kier alpha value is -3.43. The lowest BCUT2D eigenvalue weighted by atomic mass is 9.83. The Morgan fingerprint density at radius 2 is 1.41 bits per heavy atom. The zero-order valence-electron chi connectivity index (χ0n) is 20.0. The van der Waals surface area contributed by atoms with Crippen molar-refractivity contribution in [3.05, 3.63) is 116 Å². The van der Waals surface area contributed by atoms with Gasteiger partial charge in [0.05, 0.1) is 16.9 Å². The molecule has 34 heavy (non-hydrogen) atoms. The van der Waals surface area contributed by atoms with Crippen molar-refractivity contribution in [1.29, 1.82) is 0 Å². The molecule has 3 aromatic rings. The van der Waals surface area contributed by atoms with Crippen molar-refractivity contribution in [3.8, 4) is 0 Å². The van der Waals surface area contributed by atoms with Crippen molar-refractivity contribution >= 4 is 34.5 Å². The highest BCUT2D eigenvalue weighted by Crippen LogP contribution is 2.53. The second-order valence-electron chi connectivity index (χ2n) is 9.71. The zero-order chi connectivity index (χ0) is 24.4. The summed E-state index contributed by atoms with van der Waals surface area (Å²) in [7, 11) is 0. The monoisotopic (exact) mass is 467 g/mol. The third kappa shape index (κ3) is 3.26. The highest BCUT2D eigenvalue weighted by molar-refractivity contribution is 6.39. The Morgan fingerprint density at radius 3 is 2.00 bits per heavy atom. The highest BCUT2D eigenvalue weighted by atomic mass is 35.5. The van der Waals surface area contributed by atoms with Crippen molar-refractivity contribution in [2.45, 2.75) is 40.0 Å². The van der Waals surface area contributed by atoms with Crippen LogP contribution in [-0.4, -0.2) is 11.6 Å². The van der Waals surface area contributed by atoms with Crippen molar-refractivity contribution in [3.63, 3.8) is 0 Å². The van der Waals surface area contributed by atoms with Crippen LogP contribution in [0.5, 0.6) is 0 Å². The maximum Gasteiger partial charge on any atom is 0.197 e. The maximum absolute atomic E-state index is 13.0. The number of allylic oxidation sites excluding steroid dienone is 4. The number of halogens is 1. The molecule has 0 saturated heterocycles. The van der Waals surface area contributed by atoms with Crippen LogP contribution in [0, 0.1) is 20.8 Å². The first-order valence-corrected chi connectivity index (χ1v) is 11.8. The number of hydrogen-bond donors (Lipinski definition) is 0. The molecule has 5 rings (SSSR count). The topological polar surface area (TPSA) is 37.4 Å². The third-order valence-corrected chi connectivity index (χ3v) is 7.16. The molecule has 0 amide bonds. The molecule has 0 N–H and O–H groups in total. The van der Waals surface area contributed by atoms with Crippen LogP contribution in [0.3, 0.4) is 0 Å².